The van der Waals surface area contributed by atoms with E-state index in [0.717, 1.165) is 0 Å². The Balaban J connectivity index is 1.74. The molecule has 0 aliphatic carbocycles. The van der Waals surface area contributed by atoms with Crippen molar-refractivity contribution >= 4 is 5.97 Å². The van der Waals surface area contributed by atoms with Crippen LogP contribution >= 0.6 is 0 Å². The topological polar surface area (TPSA) is 36.2 Å². The maximum Gasteiger partial charge on any atom is 0.334 e. The van der Waals surface area contributed by atoms with Gasteiger partial charge in [0.2, 0.25) is 34.8 Å². The summed E-state index contributed by atoms with van der Waals surface area (Å²) in [4.78, 5) is 12.5. The van der Waals surface area contributed by atoms with Gasteiger partial charge < -0.3 is 13.9 Å². The molecule has 154 valence electrons. The molecule has 0 N–H and O–H groups in total. The molecular formula is C20H17F5N2O2. The summed E-state index contributed by atoms with van der Waals surface area (Å²) < 4.78 is 75.6. The minimum atomic E-state index is -2.31. The number of esters is 1. The summed E-state index contributed by atoms with van der Waals surface area (Å²) in [5.41, 5.74) is 0. The van der Waals surface area contributed by atoms with E-state index in [1.165, 1.54) is 4.57 Å². The number of ether oxygens (including phenoxy) is 1. The zero-order valence-corrected chi connectivity index (χ0v) is 15.1. The van der Waals surface area contributed by atoms with E-state index in [1.54, 1.807) is 24.5 Å². The van der Waals surface area contributed by atoms with Crippen LogP contribution in [-0.2, 0) is 11.3 Å². The van der Waals surface area contributed by atoms with Gasteiger partial charge >= 0.3 is 5.97 Å². The lowest BCUT2D eigenvalue weighted by Gasteiger charge is -2.18. The second-order valence-corrected chi connectivity index (χ2v) is 6.38. The van der Waals surface area contributed by atoms with E-state index in [9.17, 15) is 26.7 Å². The fraction of sp³-hybridized carbons (Fsp3) is 0.250. The van der Waals surface area contributed by atoms with Gasteiger partial charge in [-0.3, -0.25) is 0 Å². The summed E-state index contributed by atoms with van der Waals surface area (Å²) in [7, 11) is 0. The van der Waals surface area contributed by atoms with Crippen LogP contribution in [0.5, 0.6) is 5.75 Å². The van der Waals surface area contributed by atoms with Crippen molar-refractivity contribution in [3.8, 4) is 5.75 Å². The molecule has 0 aliphatic heterocycles. The van der Waals surface area contributed by atoms with Crippen molar-refractivity contribution in [2.75, 3.05) is 0 Å². The molecule has 2 heterocycles. The highest BCUT2D eigenvalue weighted by Gasteiger charge is 2.31. The van der Waals surface area contributed by atoms with E-state index in [1.807, 2.05) is 29.1 Å². The molecule has 0 saturated carbocycles. The molecule has 4 nitrogen and oxygen atoms in total. The first-order valence-electron chi connectivity index (χ1n) is 8.86. The zero-order valence-electron chi connectivity index (χ0n) is 15.1. The molecule has 1 atom stereocenters. The Morgan fingerprint density at radius 3 is 1.90 bits per heavy atom. The van der Waals surface area contributed by atoms with Gasteiger partial charge in [0.1, 0.15) is 6.04 Å². The summed E-state index contributed by atoms with van der Waals surface area (Å²) in [5.74, 6) is -13.7. The number of carbonyl (C=O) groups excluding carboxylic acids is 1. The van der Waals surface area contributed by atoms with Crippen molar-refractivity contribution in [3.63, 3.8) is 0 Å². The second kappa shape index (κ2) is 8.93. The highest BCUT2D eigenvalue weighted by atomic mass is 19.2. The third-order valence-electron chi connectivity index (χ3n) is 4.44. The predicted molar refractivity (Wildman–Crippen MR) is 93.6 cm³/mol. The summed E-state index contributed by atoms with van der Waals surface area (Å²) >= 11 is 0. The molecule has 0 aliphatic rings. The first-order chi connectivity index (χ1) is 13.9. The predicted octanol–water partition coefficient (Wildman–Crippen LogP) is 5.00. The van der Waals surface area contributed by atoms with Crippen molar-refractivity contribution in [1.29, 1.82) is 0 Å². The fourth-order valence-electron chi connectivity index (χ4n) is 2.94. The van der Waals surface area contributed by atoms with Gasteiger partial charge in [0.25, 0.3) is 0 Å². The lowest BCUT2D eigenvalue weighted by molar-refractivity contribution is -0.138. The molecule has 0 unspecified atom stereocenters. The Morgan fingerprint density at radius 2 is 1.31 bits per heavy atom. The van der Waals surface area contributed by atoms with Crippen molar-refractivity contribution < 1.29 is 31.5 Å². The van der Waals surface area contributed by atoms with E-state index in [4.69, 9.17) is 0 Å². The van der Waals surface area contributed by atoms with Crippen LogP contribution in [0.2, 0.25) is 0 Å². The molecule has 0 radical (unpaired) electrons. The van der Waals surface area contributed by atoms with Gasteiger partial charge in [-0.05, 0) is 43.5 Å². The average molecular weight is 412 g/mol. The number of hydrogen-bond acceptors (Lipinski definition) is 2. The maximum atomic E-state index is 13.8. The SMILES string of the molecule is O=C(Oc1c(F)c(F)c(F)c(F)c1F)[C@H](CCCCn1cccc1)n1cccc1. The van der Waals surface area contributed by atoms with Crippen molar-refractivity contribution in [3.05, 3.63) is 78.1 Å². The molecule has 29 heavy (non-hydrogen) atoms. The number of unbranched alkanes of at least 4 members (excludes halogenated alkanes) is 1. The molecule has 0 saturated heterocycles. The number of rotatable bonds is 8. The fourth-order valence-corrected chi connectivity index (χ4v) is 2.94. The van der Waals surface area contributed by atoms with Crippen LogP contribution in [0.15, 0.2) is 49.1 Å². The van der Waals surface area contributed by atoms with Gasteiger partial charge in [-0.25, -0.2) is 18.0 Å². The van der Waals surface area contributed by atoms with E-state index >= 15 is 0 Å². The number of aryl methyl sites for hydroxylation is 1. The van der Waals surface area contributed by atoms with E-state index in [2.05, 4.69) is 4.74 Å². The molecule has 9 heteroatoms. The number of nitrogens with zero attached hydrogens (tertiary/aromatic N) is 2. The minimum Gasteiger partial charge on any atom is -0.418 e. The molecular weight excluding hydrogens is 395 g/mol. The van der Waals surface area contributed by atoms with Gasteiger partial charge in [0.15, 0.2) is 0 Å². The number of carbonyl (C=O) groups is 1. The van der Waals surface area contributed by atoms with E-state index in [-0.39, 0.29) is 6.42 Å². The van der Waals surface area contributed by atoms with Gasteiger partial charge in [0.05, 0.1) is 0 Å². The summed E-state index contributed by atoms with van der Waals surface area (Å²) in [6, 6.07) is 6.05. The van der Waals surface area contributed by atoms with Gasteiger partial charge in [-0.1, -0.05) is 0 Å². The maximum absolute atomic E-state index is 13.8. The number of aromatic nitrogens is 2. The Bertz CT molecular complexity index is 942. The quantitative estimate of drug-likeness (QED) is 0.130. The molecule has 3 aromatic rings. The smallest absolute Gasteiger partial charge is 0.334 e. The minimum absolute atomic E-state index is 0.254. The summed E-state index contributed by atoms with van der Waals surface area (Å²) in [5, 5.41) is 0. The normalized spacial score (nSPS) is 12.2. The summed E-state index contributed by atoms with van der Waals surface area (Å²) in [6.07, 6.45) is 8.41. The number of benzene rings is 1. The third-order valence-corrected chi connectivity index (χ3v) is 4.44. The van der Waals surface area contributed by atoms with Crippen molar-refractivity contribution in [2.24, 2.45) is 0 Å². The van der Waals surface area contributed by atoms with Crippen LogP contribution < -0.4 is 4.74 Å². The molecule has 1 aromatic carbocycles. The Labute approximate surface area is 163 Å². The van der Waals surface area contributed by atoms with Crippen LogP contribution in [0, 0.1) is 29.1 Å². The third kappa shape index (κ3) is 4.49. The second-order valence-electron chi connectivity index (χ2n) is 6.38. The molecule has 0 bridgehead atoms. The first kappa shape index (κ1) is 20.6. The molecule has 3 rings (SSSR count). The monoisotopic (exact) mass is 412 g/mol. The zero-order chi connectivity index (χ0) is 21.0. The van der Waals surface area contributed by atoms with Crippen LogP contribution in [0.25, 0.3) is 0 Å². The van der Waals surface area contributed by atoms with E-state index < -0.39 is 46.8 Å². The highest BCUT2D eigenvalue weighted by Crippen LogP contribution is 2.30. The lowest BCUT2D eigenvalue weighted by atomic mass is 10.1. The Hall–Kier alpha value is -3.10. The lowest BCUT2D eigenvalue weighted by Crippen LogP contribution is -2.25. The van der Waals surface area contributed by atoms with Gasteiger partial charge in [0, 0.05) is 31.3 Å². The highest BCUT2D eigenvalue weighted by molar-refractivity contribution is 5.77. The Kier molecular flexibility index (Phi) is 6.36. The number of halogens is 5. The Morgan fingerprint density at radius 1 is 0.793 bits per heavy atom. The standard InChI is InChI=1S/C20H17F5N2O2/c21-14-15(22)17(24)19(18(25)16(14)23)29-20(28)13(27-11-5-6-12-27)7-1-2-8-26-9-3-4-10-26/h3-6,9-13H,1-2,7-8H2/t13-/m0/s1. The van der Waals surface area contributed by atoms with Crippen LogP contribution in [0.3, 0.4) is 0 Å². The van der Waals surface area contributed by atoms with E-state index in [0.29, 0.717) is 19.4 Å². The van der Waals surface area contributed by atoms with Crippen molar-refractivity contribution in [1.82, 2.24) is 9.13 Å². The van der Waals surface area contributed by atoms with Gasteiger partial charge in [-0.2, -0.15) is 8.78 Å². The molecule has 0 fully saturated rings. The van der Waals surface area contributed by atoms with Crippen molar-refractivity contribution in [2.45, 2.75) is 31.8 Å². The molecule has 2 aromatic heterocycles. The van der Waals surface area contributed by atoms with Gasteiger partial charge in [-0.15, -0.1) is 0 Å². The van der Waals surface area contributed by atoms with Crippen LogP contribution in [0.1, 0.15) is 25.3 Å². The van der Waals surface area contributed by atoms with Crippen LogP contribution in [-0.4, -0.2) is 15.1 Å². The molecule has 0 amide bonds. The summed E-state index contributed by atoms with van der Waals surface area (Å²) in [6.45, 7) is 0.706. The first-order valence-corrected chi connectivity index (χ1v) is 8.86. The number of hydrogen-bond donors (Lipinski definition) is 0. The largest absolute Gasteiger partial charge is 0.418 e. The average Bonchev–Trinajstić information content (AvgIpc) is 3.42. The van der Waals surface area contributed by atoms with Crippen LogP contribution in [0.4, 0.5) is 22.0 Å². The molecule has 0 spiro atoms.